The summed E-state index contributed by atoms with van der Waals surface area (Å²) < 4.78 is 5.63. The lowest BCUT2D eigenvalue weighted by Crippen LogP contribution is -2.16. The molecule has 0 amide bonds. The Morgan fingerprint density at radius 2 is 2.05 bits per heavy atom. The predicted molar refractivity (Wildman–Crippen MR) is 81.6 cm³/mol. The molecule has 0 aliphatic carbocycles. The number of nitrogens with one attached hydrogen (secondary N) is 1. The van der Waals surface area contributed by atoms with Gasteiger partial charge >= 0.3 is 0 Å². The highest BCUT2D eigenvalue weighted by Gasteiger charge is 2.07. The molecule has 1 aromatic rings. The first kappa shape index (κ1) is 15.6. The van der Waals surface area contributed by atoms with Crippen LogP contribution in [0.4, 0.5) is 11.5 Å². The summed E-state index contributed by atoms with van der Waals surface area (Å²) in [4.78, 5) is 4.43. The molecule has 19 heavy (non-hydrogen) atoms. The Labute approximate surface area is 116 Å². The topological polar surface area (TPSA) is 60.2 Å². The molecule has 3 N–H and O–H groups in total. The van der Waals surface area contributed by atoms with Crippen LogP contribution in [0.5, 0.6) is 5.88 Å². The minimum absolute atomic E-state index is 0.411. The van der Waals surface area contributed by atoms with Gasteiger partial charge in [-0.1, -0.05) is 33.6 Å². The Kier molecular flexibility index (Phi) is 6.46. The highest BCUT2D eigenvalue weighted by atomic mass is 16.5. The lowest BCUT2D eigenvalue weighted by Gasteiger charge is -2.16. The summed E-state index contributed by atoms with van der Waals surface area (Å²) in [6, 6.07) is 4.16. The number of anilines is 2. The normalized spacial score (nSPS) is 12.5. The molecule has 0 saturated carbocycles. The van der Waals surface area contributed by atoms with Crippen LogP contribution in [-0.2, 0) is 0 Å². The maximum Gasteiger partial charge on any atom is 0.239 e. The first-order chi connectivity index (χ1) is 9.02. The predicted octanol–water partition coefficient (Wildman–Crippen LogP) is 3.69. The first-order valence-corrected chi connectivity index (χ1v) is 7.18. The molecule has 0 aromatic carbocycles. The number of rotatable bonds is 8. The third-order valence-corrected chi connectivity index (χ3v) is 2.83. The number of nitrogen functional groups attached to an aromatic ring is 1. The number of aromatic nitrogens is 1. The van der Waals surface area contributed by atoms with Crippen LogP contribution in [-0.4, -0.2) is 17.6 Å². The van der Waals surface area contributed by atoms with Gasteiger partial charge in [0.15, 0.2) is 0 Å². The molecule has 1 atom stereocenters. The Balaban J connectivity index is 2.62. The first-order valence-electron chi connectivity index (χ1n) is 7.18. The van der Waals surface area contributed by atoms with Crippen LogP contribution in [0.3, 0.4) is 0 Å². The second-order valence-corrected chi connectivity index (χ2v) is 5.48. The minimum atomic E-state index is 0.411. The third kappa shape index (κ3) is 5.81. The molecule has 1 rings (SSSR count). The number of hydrogen-bond donors (Lipinski definition) is 2. The fraction of sp³-hybridized carbons (Fsp3) is 0.667. The van der Waals surface area contributed by atoms with Gasteiger partial charge in [-0.05, 0) is 31.4 Å². The molecule has 0 aliphatic heterocycles. The van der Waals surface area contributed by atoms with Crippen LogP contribution in [0.2, 0.25) is 0 Å². The van der Waals surface area contributed by atoms with E-state index in [0.29, 0.717) is 30.1 Å². The van der Waals surface area contributed by atoms with Gasteiger partial charge in [0.1, 0.15) is 5.82 Å². The molecule has 1 unspecified atom stereocenters. The fourth-order valence-electron chi connectivity index (χ4n) is 1.73. The van der Waals surface area contributed by atoms with Crippen molar-refractivity contribution in [1.82, 2.24) is 4.98 Å². The average Bonchev–Trinajstić information content (AvgIpc) is 2.37. The van der Waals surface area contributed by atoms with Crippen molar-refractivity contribution in [3.8, 4) is 5.88 Å². The van der Waals surface area contributed by atoms with Crippen LogP contribution in [0.25, 0.3) is 0 Å². The van der Waals surface area contributed by atoms with Gasteiger partial charge in [0.2, 0.25) is 5.88 Å². The van der Waals surface area contributed by atoms with Gasteiger partial charge in [0.25, 0.3) is 0 Å². The molecular formula is C15H27N3O. The van der Waals surface area contributed by atoms with Crippen molar-refractivity contribution < 1.29 is 4.74 Å². The van der Waals surface area contributed by atoms with Crippen molar-refractivity contribution in [3.63, 3.8) is 0 Å². The van der Waals surface area contributed by atoms with Gasteiger partial charge in [0.05, 0.1) is 12.3 Å². The van der Waals surface area contributed by atoms with E-state index in [0.717, 1.165) is 12.2 Å². The Hall–Kier alpha value is -1.45. The van der Waals surface area contributed by atoms with Gasteiger partial charge in [0, 0.05) is 6.04 Å². The quantitative estimate of drug-likeness (QED) is 0.752. The number of nitrogens with two attached hydrogens (primary N) is 1. The maximum atomic E-state index is 5.87. The molecule has 0 aliphatic rings. The van der Waals surface area contributed by atoms with Crippen molar-refractivity contribution in [2.45, 2.75) is 53.0 Å². The lowest BCUT2D eigenvalue weighted by atomic mass is 10.1. The van der Waals surface area contributed by atoms with E-state index >= 15 is 0 Å². The van der Waals surface area contributed by atoms with Gasteiger partial charge < -0.3 is 15.8 Å². The smallest absolute Gasteiger partial charge is 0.239 e. The van der Waals surface area contributed by atoms with Crippen molar-refractivity contribution in [2.75, 3.05) is 17.7 Å². The standard InChI is InChI=1S/C15H27N3O/c1-5-6-7-12(4)17-14-9-8-13(16)15(18-14)19-10-11(2)3/h8-9,11-12H,5-7,10,16H2,1-4H3,(H,17,18). The molecule has 0 spiro atoms. The molecule has 4 nitrogen and oxygen atoms in total. The van der Waals surface area contributed by atoms with E-state index in [-0.39, 0.29) is 0 Å². The summed E-state index contributed by atoms with van der Waals surface area (Å²) in [6.07, 6.45) is 3.58. The Bertz CT molecular complexity index is 380. The molecule has 0 saturated heterocycles. The summed E-state index contributed by atoms with van der Waals surface area (Å²) in [5, 5.41) is 3.39. The van der Waals surface area contributed by atoms with Gasteiger partial charge in [-0.3, -0.25) is 0 Å². The highest BCUT2D eigenvalue weighted by Crippen LogP contribution is 2.22. The molecule has 1 aromatic heterocycles. The lowest BCUT2D eigenvalue weighted by molar-refractivity contribution is 0.263. The number of pyridine rings is 1. The van der Waals surface area contributed by atoms with Crippen molar-refractivity contribution in [2.24, 2.45) is 5.92 Å². The molecular weight excluding hydrogens is 238 g/mol. The van der Waals surface area contributed by atoms with E-state index in [2.05, 4.69) is 38.0 Å². The van der Waals surface area contributed by atoms with Crippen molar-refractivity contribution in [1.29, 1.82) is 0 Å². The zero-order valence-corrected chi connectivity index (χ0v) is 12.6. The summed E-state index contributed by atoms with van der Waals surface area (Å²) in [5.74, 6) is 1.82. The molecule has 1 heterocycles. The monoisotopic (exact) mass is 265 g/mol. The van der Waals surface area contributed by atoms with Gasteiger partial charge in [-0.25, -0.2) is 0 Å². The van der Waals surface area contributed by atoms with E-state index in [4.69, 9.17) is 10.5 Å². The zero-order chi connectivity index (χ0) is 14.3. The molecule has 4 heteroatoms. The van der Waals surface area contributed by atoms with Gasteiger partial charge in [-0.2, -0.15) is 4.98 Å². The number of ether oxygens (including phenoxy) is 1. The zero-order valence-electron chi connectivity index (χ0n) is 12.6. The molecule has 0 fully saturated rings. The van der Waals surface area contributed by atoms with E-state index in [1.807, 2.05) is 12.1 Å². The second-order valence-electron chi connectivity index (χ2n) is 5.48. The largest absolute Gasteiger partial charge is 0.476 e. The molecule has 108 valence electrons. The molecule has 0 radical (unpaired) electrons. The fourth-order valence-corrected chi connectivity index (χ4v) is 1.73. The Morgan fingerprint density at radius 3 is 2.68 bits per heavy atom. The van der Waals surface area contributed by atoms with Crippen LogP contribution in [0.15, 0.2) is 12.1 Å². The van der Waals surface area contributed by atoms with E-state index in [1.165, 1.54) is 12.8 Å². The van der Waals surface area contributed by atoms with Crippen LogP contribution in [0, 0.1) is 5.92 Å². The van der Waals surface area contributed by atoms with Crippen LogP contribution >= 0.6 is 0 Å². The van der Waals surface area contributed by atoms with E-state index in [1.54, 1.807) is 0 Å². The summed E-state index contributed by atoms with van der Waals surface area (Å²) >= 11 is 0. The van der Waals surface area contributed by atoms with Crippen molar-refractivity contribution in [3.05, 3.63) is 12.1 Å². The van der Waals surface area contributed by atoms with Gasteiger partial charge in [-0.15, -0.1) is 0 Å². The Morgan fingerprint density at radius 1 is 1.32 bits per heavy atom. The summed E-state index contributed by atoms with van der Waals surface area (Å²) in [5.41, 5.74) is 6.46. The van der Waals surface area contributed by atoms with Crippen molar-refractivity contribution >= 4 is 11.5 Å². The minimum Gasteiger partial charge on any atom is -0.476 e. The average molecular weight is 265 g/mol. The third-order valence-electron chi connectivity index (χ3n) is 2.83. The number of unbranched alkanes of at least 4 members (excludes halogenated alkanes) is 1. The number of hydrogen-bond acceptors (Lipinski definition) is 4. The number of nitrogens with zero attached hydrogens (tertiary/aromatic N) is 1. The molecule has 0 bridgehead atoms. The highest BCUT2D eigenvalue weighted by molar-refractivity contribution is 5.53. The summed E-state index contributed by atoms with van der Waals surface area (Å²) in [6.45, 7) is 9.21. The van der Waals surface area contributed by atoms with E-state index in [9.17, 15) is 0 Å². The summed E-state index contributed by atoms with van der Waals surface area (Å²) in [7, 11) is 0. The second kappa shape index (κ2) is 7.87. The maximum absolute atomic E-state index is 5.87. The van der Waals surface area contributed by atoms with Crippen LogP contribution < -0.4 is 15.8 Å². The SMILES string of the molecule is CCCCC(C)Nc1ccc(N)c(OCC(C)C)n1. The van der Waals surface area contributed by atoms with E-state index < -0.39 is 0 Å². The van der Waals surface area contributed by atoms with Crippen LogP contribution in [0.1, 0.15) is 47.0 Å².